The van der Waals surface area contributed by atoms with Crippen molar-refractivity contribution in [2.45, 2.75) is 6.54 Å². The molecule has 20 heavy (non-hydrogen) atoms. The molecular formula is C13H10BrNO3S2. The van der Waals surface area contributed by atoms with E-state index in [0.29, 0.717) is 17.0 Å². The second-order valence-corrected chi connectivity index (χ2v) is 6.52. The summed E-state index contributed by atoms with van der Waals surface area (Å²) in [5.74, 6) is -1.24. The van der Waals surface area contributed by atoms with Gasteiger partial charge in [0.05, 0.1) is 11.4 Å². The minimum atomic E-state index is -1.04. The topological polar surface area (TPSA) is 66.4 Å². The van der Waals surface area contributed by atoms with Crippen molar-refractivity contribution in [2.75, 3.05) is 0 Å². The molecule has 0 saturated carbocycles. The summed E-state index contributed by atoms with van der Waals surface area (Å²) in [4.78, 5) is 24.1. The molecule has 0 radical (unpaired) electrons. The van der Waals surface area contributed by atoms with Crippen LogP contribution in [0, 0.1) is 0 Å². The highest BCUT2D eigenvalue weighted by Gasteiger charge is 2.12. The van der Waals surface area contributed by atoms with E-state index >= 15 is 0 Å². The second-order valence-electron chi connectivity index (χ2n) is 3.75. The Morgan fingerprint density at radius 3 is 2.70 bits per heavy atom. The molecule has 0 aliphatic heterocycles. The maximum Gasteiger partial charge on any atom is 0.328 e. The molecule has 1 amide bonds. The molecule has 0 aliphatic rings. The summed E-state index contributed by atoms with van der Waals surface area (Å²) in [7, 11) is 0. The minimum Gasteiger partial charge on any atom is -0.478 e. The Morgan fingerprint density at radius 2 is 2.05 bits per heavy atom. The molecule has 0 saturated heterocycles. The molecule has 0 spiro atoms. The molecule has 0 fully saturated rings. The fourth-order valence-electron chi connectivity index (χ4n) is 1.49. The zero-order valence-electron chi connectivity index (χ0n) is 10.1. The highest BCUT2D eigenvalue weighted by atomic mass is 79.9. The van der Waals surface area contributed by atoms with E-state index in [1.165, 1.54) is 17.4 Å². The van der Waals surface area contributed by atoms with Gasteiger partial charge in [-0.3, -0.25) is 4.79 Å². The van der Waals surface area contributed by atoms with Crippen LogP contribution in [0.25, 0.3) is 6.08 Å². The number of halogens is 1. The third-order valence-corrected chi connectivity index (χ3v) is 5.26. The second kappa shape index (κ2) is 6.83. The van der Waals surface area contributed by atoms with Crippen LogP contribution < -0.4 is 5.32 Å². The van der Waals surface area contributed by atoms with Gasteiger partial charge in [0.2, 0.25) is 0 Å². The monoisotopic (exact) mass is 371 g/mol. The SMILES string of the molecule is O=C(O)/C=C/c1ccsc1C(=O)NCc1sccc1Br. The number of thiophene rings is 2. The van der Waals surface area contributed by atoms with Crippen molar-refractivity contribution in [1.82, 2.24) is 5.32 Å². The predicted octanol–water partition coefficient (Wildman–Crippen LogP) is 3.60. The Labute approximate surface area is 131 Å². The van der Waals surface area contributed by atoms with Crippen LogP contribution in [0.15, 0.2) is 33.4 Å². The first-order valence-corrected chi connectivity index (χ1v) is 8.11. The number of hydrogen-bond acceptors (Lipinski definition) is 4. The quantitative estimate of drug-likeness (QED) is 0.789. The number of amides is 1. The normalized spacial score (nSPS) is 10.8. The van der Waals surface area contributed by atoms with Crippen molar-refractivity contribution >= 4 is 56.6 Å². The lowest BCUT2D eigenvalue weighted by Gasteiger charge is -2.03. The standard InChI is InChI=1S/C13H10BrNO3S2/c14-9-4-6-19-10(9)7-15-13(18)12-8(3-5-20-12)1-2-11(16)17/h1-6H,7H2,(H,15,18)(H,16,17)/b2-1+. The summed E-state index contributed by atoms with van der Waals surface area (Å²) in [6.45, 7) is 0.442. The molecule has 7 heteroatoms. The molecule has 104 valence electrons. The molecule has 2 N–H and O–H groups in total. The number of rotatable bonds is 5. The Balaban J connectivity index is 2.05. The van der Waals surface area contributed by atoms with Crippen molar-refractivity contribution in [2.24, 2.45) is 0 Å². The van der Waals surface area contributed by atoms with Crippen LogP contribution >= 0.6 is 38.6 Å². The Hall–Kier alpha value is -1.44. The summed E-state index contributed by atoms with van der Waals surface area (Å²) >= 11 is 6.25. The van der Waals surface area contributed by atoms with Crippen LogP contribution in [-0.4, -0.2) is 17.0 Å². The van der Waals surface area contributed by atoms with Gasteiger partial charge in [0, 0.05) is 15.4 Å². The van der Waals surface area contributed by atoms with Crippen LogP contribution in [0.1, 0.15) is 20.1 Å². The number of carbonyl (C=O) groups is 2. The fraction of sp³-hybridized carbons (Fsp3) is 0.0769. The molecule has 0 bridgehead atoms. The third kappa shape index (κ3) is 3.78. The lowest BCUT2D eigenvalue weighted by molar-refractivity contribution is -0.131. The van der Waals surface area contributed by atoms with Crippen LogP contribution in [0.5, 0.6) is 0 Å². The van der Waals surface area contributed by atoms with Crippen molar-refractivity contribution in [3.63, 3.8) is 0 Å². The van der Waals surface area contributed by atoms with Gasteiger partial charge in [0.1, 0.15) is 0 Å². The first kappa shape index (κ1) is 15.0. The molecular weight excluding hydrogens is 362 g/mol. The van der Waals surface area contributed by atoms with Crippen molar-refractivity contribution in [3.05, 3.63) is 48.8 Å². The summed E-state index contributed by atoms with van der Waals surface area (Å²) in [6, 6.07) is 3.65. The zero-order chi connectivity index (χ0) is 14.5. The highest BCUT2D eigenvalue weighted by molar-refractivity contribution is 9.10. The van der Waals surface area contributed by atoms with Crippen LogP contribution in [0.2, 0.25) is 0 Å². The first-order valence-electron chi connectivity index (χ1n) is 5.56. The molecule has 0 aliphatic carbocycles. The fourth-order valence-corrected chi connectivity index (χ4v) is 3.72. The zero-order valence-corrected chi connectivity index (χ0v) is 13.3. The van der Waals surface area contributed by atoms with Crippen molar-refractivity contribution < 1.29 is 14.7 Å². The van der Waals surface area contributed by atoms with E-state index in [0.717, 1.165) is 15.4 Å². The molecule has 0 unspecified atom stereocenters. The van der Waals surface area contributed by atoms with E-state index in [2.05, 4.69) is 21.2 Å². The molecule has 2 rings (SSSR count). The highest BCUT2D eigenvalue weighted by Crippen LogP contribution is 2.23. The maximum atomic E-state index is 12.1. The van der Waals surface area contributed by atoms with Gasteiger partial charge in [-0.15, -0.1) is 22.7 Å². The van der Waals surface area contributed by atoms with Crippen molar-refractivity contribution in [3.8, 4) is 0 Å². The molecule has 4 nitrogen and oxygen atoms in total. The van der Waals surface area contributed by atoms with Crippen LogP contribution in [-0.2, 0) is 11.3 Å². The van der Waals surface area contributed by atoms with E-state index in [1.807, 2.05) is 11.4 Å². The average molecular weight is 372 g/mol. The number of hydrogen-bond donors (Lipinski definition) is 2. The van der Waals surface area contributed by atoms with Gasteiger partial charge in [-0.1, -0.05) is 0 Å². The Bertz CT molecular complexity index is 660. The molecule has 2 aromatic rings. The number of carboxylic acids is 1. The first-order chi connectivity index (χ1) is 9.58. The number of nitrogens with one attached hydrogen (secondary N) is 1. The minimum absolute atomic E-state index is 0.203. The van der Waals surface area contributed by atoms with Gasteiger partial charge in [-0.25, -0.2) is 4.79 Å². The smallest absolute Gasteiger partial charge is 0.328 e. The van der Waals surface area contributed by atoms with E-state index in [1.54, 1.807) is 22.8 Å². The van der Waals surface area contributed by atoms with Crippen LogP contribution in [0.4, 0.5) is 0 Å². The molecule has 0 aromatic carbocycles. The van der Waals surface area contributed by atoms with E-state index in [4.69, 9.17) is 5.11 Å². The summed E-state index contributed by atoms with van der Waals surface area (Å²) in [5.41, 5.74) is 0.611. The number of aliphatic carboxylic acids is 1. The van der Waals surface area contributed by atoms with Crippen molar-refractivity contribution in [1.29, 1.82) is 0 Å². The largest absolute Gasteiger partial charge is 0.478 e. The summed E-state index contributed by atoms with van der Waals surface area (Å²) < 4.78 is 0.972. The van der Waals surface area contributed by atoms with Gasteiger partial charge in [-0.05, 0) is 50.5 Å². The van der Waals surface area contributed by atoms with E-state index in [9.17, 15) is 9.59 Å². The van der Waals surface area contributed by atoms with Gasteiger partial charge < -0.3 is 10.4 Å². The number of carbonyl (C=O) groups excluding carboxylic acids is 1. The third-order valence-electron chi connectivity index (χ3n) is 2.41. The van der Waals surface area contributed by atoms with Gasteiger partial charge >= 0.3 is 5.97 Å². The Morgan fingerprint density at radius 1 is 1.30 bits per heavy atom. The van der Waals surface area contributed by atoms with Gasteiger partial charge in [0.25, 0.3) is 5.91 Å². The average Bonchev–Trinajstić information content (AvgIpc) is 3.02. The lowest BCUT2D eigenvalue weighted by atomic mass is 10.2. The lowest BCUT2D eigenvalue weighted by Crippen LogP contribution is -2.22. The summed E-state index contributed by atoms with van der Waals surface area (Å²) in [5, 5.41) is 15.1. The Kier molecular flexibility index (Phi) is 5.11. The van der Waals surface area contributed by atoms with E-state index in [-0.39, 0.29) is 5.91 Å². The van der Waals surface area contributed by atoms with Crippen LogP contribution in [0.3, 0.4) is 0 Å². The molecule has 2 heterocycles. The van der Waals surface area contributed by atoms with Gasteiger partial charge in [0.15, 0.2) is 0 Å². The number of carboxylic acid groups (broad SMARTS) is 1. The predicted molar refractivity (Wildman–Crippen MR) is 84.2 cm³/mol. The molecule has 2 aromatic heterocycles. The maximum absolute atomic E-state index is 12.1. The summed E-state index contributed by atoms with van der Waals surface area (Å²) in [6.07, 6.45) is 2.45. The van der Waals surface area contributed by atoms with Gasteiger partial charge in [-0.2, -0.15) is 0 Å². The van der Waals surface area contributed by atoms with E-state index < -0.39 is 5.97 Å². The molecule has 0 atom stereocenters.